The molecular weight excluding hydrogens is 353 g/mol. The number of amides is 1. The van der Waals surface area contributed by atoms with Gasteiger partial charge in [-0.25, -0.2) is 9.48 Å². The first kappa shape index (κ1) is 18.0. The zero-order valence-corrected chi connectivity index (χ0v) is 13.8. The van der Waals surface area contributed by atoms with E-state index in [1.54, 1.807) is 4.57 Å². The summed E-state index contributed by atoms with van der Waals surface area (Å²) in [6, 6.07) is 4.92. The minimum atomic E-state index is -4.82. The minimum absolute atomic E-state index is 0.130. The normalized spacial score (nSPS) is 14.4. The lowest BCUT2D eigenvalue weighted by atomic mass is 10.2. The van der Waals surface area contributed by atoms with E-state index in [2.05, 4.69) is 15.2 Å². The molecule has 0 atom stereocenters. The van der Waals surface area contributed by atoms with Crippen molar-refractivity contribution in [2.24, 2.45) is 0 Å². The summed E-state index contributed by atoms with van der Waals surface area (Å²) in [5.41, 5.74) is -0.225. The number of rotatable bonds is 4. The first-order valence-electron chi connectivity index (χ1n) is 8.14. The van der Waals surface area contributed by atoms with Crippen molar-refractivity contribution >= 4 is 11.6 Å². The van der Waals surface area contributed by atoms with Gasteiger partial charge in [0.05, 0.1) is 0 Å². The lowest BCUT2D eigenvalue weighted by Gasteiger charge is -2.10. The predicted molar refractivity (Wildman–Crippen MR) is 85.8 cm³/mol. The quantitative estimate of drug-likeness (QED) is 0.896. The number of aromatic nitrogens is 3. The Morgan fingerprint density at radius 1 is 1.27 bits per heavy atom. The van der Waals surface area contributed by atoms with E-state index in [0.29, 0.717) is 18.8 Å². The molecule has 10 heteroatoms. The third kappa shape index (κ3) is 4.44. The number of fused-ring (bicyclic) bond motifs is 1. The molecule has 7 nitrogen and oxygen atoms in total. The molecule has 1 aromatic carbocycles. The second-order valence-electron chi connectivity index (χ2n) is 5.94. The molecule has 0 saturated heterocycles. The average molecular weight is 370 g/mol. The van der Waals surface area contributed by atoms with E-state index in [1.165, 1.54) is 12.1 Å². The van der Waals surface area contributed by atoms with Crippen LogP contribution in [0, 0.1) is 0 Å². The van der Waals surface area contributed by atoms with Gasteiger partial charge in [-0.2, -0.15) is 5.10 Å². The topological polar surface area (TPSA) is 78.2 Å². The van der Waals surface area contributed by atoms with Crippen molar-refractivity contribution in [3.63, 3.8) is 0 Å². The van der Waals surface area contributed by atoms with Crippen LogP contribution in [0.4, 0.5) is 18.9 Å². The summed E-state index contributed by atoms with van der Waals surface area (Å²) in [5, 5.41) is 6.63. The fourth-order valence-corrected chi connectivity index (χ4v) is 2.84. The minimum Gasteiger partial charge on any atom is -0.406 e. The van der Waals surface area contributed by atoms with Crippen molar-refractivity contribution in [1.82, 2.24) is 14.3 Å². The van der Waals surface area contributed by atoms with E-state index in [4.69, 9.17) is 0 Å². The highest BCUT2D eigenvalue weighted by atomic mass is 19.4. The average Bonchev–Trinajstić information content (AvgIpc) is 2.72. The molecule has 0 radical (unpaired) electrons. The molecule has 1 aliphatic heterocycles. The third-order valence-electron chi connectivity index (χ3n) is 3.93. The summed E-state index contributed by atoms with van der Waals surface area (Å²) >= 11 is 0. The number of halogens is 3. The monoisotopic (exact) mass is 370 g/mol. The van der Waals surface area contributed by atoms with E-state index in [-0.39, 0.29) is 17.9 Å². The molecular formula is C16H17F3N4O3. The Kier molecular flexibility index (Phi) is 5.01. The Labute approximate surface area is 146 Å². The van der Waals surface area contributed by atoms with Crippen molar-refractivity contribution in [3.8, 4) is 5.75 Å². The summed E-state index contributed by atoms with van der Waals surface area (Å²) < 4.78 is 43.2. The van der Waals surface area contributed by atoms with E-state index in [9.17, 15) is 22.8 Å². The SMILES string of the molecule is O=C(Cn1nc2n(c1=O)CCCCC2)Nc1cccc(OC(F)(F)F)c1. The van der Waals surface area contributed by atoms with Gasteiger partial charge in [0.2, 0.25) is 5.91 Å². The Morgan fingerprint density at radius 3 is 2.85 bits per heavy atom. The van der Waals surface area contributed by atoms with Crippen molar-refractivity contribution in [3.05, 3.63) is 40.6 Å². The smallest absolute Gasteiger partial charge is 0.406 e. The predicted octanol–water partition coefficient (Wildman–Crippen LogP) is 2.31. The van der Waals surface area contributed by atoms with Gasteiger partial charge in [-0.3, -0.25) is 9.36 Å². The van der Waals surface area contributed by atoms with Gasteiger partial charge in [-0.15, -0.1) is 13.2 Å². The number of benzene rings is 1. The molecule has 0 aliphatic carbocycles. The van der Waals surface area contributed by atoms with Crippen LogP contribution in [-0.4, -0.2) is 26.6 Å². The number of anilines is 1. The second-order valence-corrected chi connectivity index (χ2v) is 5.94. The molecule has 1 amide bonds. The maximum atomic E-state index is 12.3. The molecule has 1 aromatic heterocycles. The molecule has 0 unspecified atom stereocenters. The van der Waals surface area contributed by atoms with Gasteiger partial charge in [0.15, 0.2) is 0 Å². The van der Waals surface area contributed by atoms with Crippen molar-refractivity contribution in [1.29, 1.82) is 0 Å². The molecule has 26 heavy (non-hydrogen) atoms. The maximum Gasteiger partial charge on any atom is 0.573 e. The fourth-order valence-electron chi connectivity index (χ4n) is 2.84. The largest absolute Gasteiger partial charge is 0.573 e. The van der Waals surface area contributed by atoms with Gasteiger partial charge in [-0.05, 0) is 25.0 Å². The van der Waals surface area contributed by atoms with Crippen molar-refractivity contribution in [2.75, 3.05) is 5.32 Å². The summed E-state index contributed by atoms with van der Waals surface area (Å²) in [6.07, 6.45) is -1.28. The van der Waals surface area contributed by atoms with Crippen LogP contribution < -0.4 is 15.7 Å². The van der Waals surface area contributed by atoms with Crippen LogP contribution >= 0.6 is 0 Å². The summed E-state index contributed by atoms with van der Waals surface area (Å²) in [5.74, 6) is -0.355. The number of hydrogen-bond donors (Lipinski definition) is 1. The first-order valence-corrected chi connectivity index (χ1v) is 8.14. The molecule has 1 aliphatic rings. The molecule has 140 valence electrons. The summed E-state index contributed by atoms with van der Waals surface area (Å²) in [6.45, 7) is 0.260. The lowest BCUT2D eigenvalue weighted by Crippen LogP contribution is -2.30. The lowest BCUT2D eigenvalue weighted by molar-refractivity contribution is -0.274. The molecule has 3 rings (SSSR count). The number of alkyl halides is 3. The molecule has 0 fully saturated rings. The highest BCUT2D eigenvalue weighted by Crippen LogP contribution is 2.25. The Balaban J connectivity index is 1.68. The zero-order valence-electron chi connectivity index (χ0n) is 13.8. The molecule has 1 N–H and O–H groups in total. The molecule has 0 bridgehead atoms. The van der Waals surface area contributed by atoms with E-state index in [0.717, 1.165) is 36.1 Å². The van der Waals surface area contributed by atoms with Gasteiger partial charge in [0.1, 0.15) is 18.1 Å². The highest BCUT2D eigenvalue weighted by Gasteiger charge is 2.31. The zero-order chi connectivity index (χ0) is 18.7. The van der Waals surface area contributed by atoms with Gasteiger partial charge < -0.3 is 10.1 Å². The Morgan fingerprint density at radius 2 is 2.08 bits per heavy atom. The maximum absolute atomic E-state index is 12.3. The van der Waals surface area contributed by atoms with Gasteiger partial charge in [0, 0.05) is 24.7 Å². The van der Waals surface area contributed by atoms with Crippen LogP contribution in [0.5, 0.6) is 5.75 Å². The standard InChI is InChI=1S/C16H17F3N4O3/c17-16(18,19)26-12-6-4-5-11(9-12)20-14(24)10-23-15(25)22-8-3-1-2-7-13(22)21-23/h4-6,9H,1-3,7-8,10H2,(H,20,24). The summed E-state index contributed by atoms with van der Waals surface area (Å²) in [4.78, 5) is 24.4. The number of carbonyl (C=O) groups excluding carboxylic acids is 1. The van der Waals surface area contributed by atoms with Gasteiger partial charge in [0.25, 0.3) is 0 Å². The highest BCUT2D eigenvalue weighted by molar-refractivity contribution is 5.90. The second kappa shape index (κ2) is 7.22. The Hall–Kier alpha value is -2.78. The van der Waals surface area contributed by atoms with E-state index >= 15 is 0 Å². The number of aryl methyl sites for hydroxylation is 1. The molecule has 2 aromatic rings. The van der Waals surface area contributed by atoms with Crippen LogP contribution in [0.1, 0.15) is 25.1 Å². The van der Waals surface area contributed by atoms with Gasteiger partial charge in [-0.1, -0.05) is 12.5 Å². The molecule has 0 spiro atoms. The van der Waals surface area contributed by atoms with Crippen LogP contribution in [0.2, 0.25) is 0 Å². The van der Waals surface area contributed by atoms with Crippen LogP contribution in [-0.2, 0) is 24.3 Å². The summed E-state index contributed by atoms with van der Waals surface area (Å²) in [7, 11) is 0. The van der Waals surface area contributed by atoms with Crippen LogP contribution in [0.15, 0.2) is 29.1 Å². The fraction of sp³-hybridized carbons (Fsp3) is 0.438. The number of hydrogen-bond acceptors (Lipinski definition) is 4. The molecule has 0 saturated carbocycles. The van der Waals surface area contributed by atoms with Crippen molar-refractivity contribution < 1.29 is 22.7 Å². The molecule has 2 heterocycles. The van der Waals surface area contributed by atoms with Crippen molar-refractivity contribution in [2.45, 2.75) is 45.1 Å². The number of ether oxygens (including phenoxy) is 1. The third-order valence-corrected chi connectivity index (χ3v) is 3.93. The van der Waals surface area contributed by atoms with Gasteiger partial charge >= 0.3 is 12.1 Å². The first-order chi connectivity index (χ1) is 12.3. The van der Waals surface area contributed by atoms with E-state index < -0.39 is 18.0 Å². The van der Waals surface area contributed by atoms with Crippen LogP contribution in [0.25, 0.3) is 0 Å². The van der Waals surface area contributed by atoms with E-state index in [1.807, 2.05) is 0 Å². The Bertz CT molecular complexity index is 857. The number of nitrogens with zero attached hydrogens (tertiary/aromatic N) is 3. The number of carbonyl (C=O) groups is 1. The van der Waals surface area contributed by atoms with Crippen LogP contribution in [0.3, 0.4) is 0 Å². The number of nitrogens with one attached hydrogen (secondary N) is 1.